The van der Waals surface area contributed by atoms with E-state index in [1.165, 1.54) is 17.7 Å². The van der Waals surface area contributed by atoms with Crippen LogP contribution in [0.5, 0.6) is 0 Å². The molecule has 0 unspecified atom stereocenters. The molecule has 154 valence electrons. The van der Waals surface area contributed by atoms with Crippen LogP contribution >= 0.6 is 0 Å². The summed E-state index contributed by atoms with van der Waals surface area (Å²) in [7, 11) is 0. The van der Waals surface area contributed by atoms with Gasteiger partial charge in [-0.15, -0.1) is 0 Å². The van der Waals surface area contributed by atoms with Crippen molar-refractivity contribution in [1.82, 2.24) is 15.5 Å². The largest absolute Gasteiger partial charge is 0.480 e. The Bertz CT molecular complexity index is 521. The molecular weight excluding hydrogens is 350 g/mol. The summed E-state index contributed by atoms with van der Waals surface area (Å²) in [4.78, 5) is 36.7. The van der Waals surface area contributed by atoms with Gasteiger partial charge in [-0.25, -0.2) is 4.79 Å². The number of carboxylic acids is 2. The minimum Gasteiger partial charge on any atom is -0.480 e. The van der Waals surface area contributed by atoms with Crippen LogP contribution in [0.3, 0.4) is 0 Å². The molecule has 8 nitrogen and oxygen atoms in total. The molecule has 2 rings (SSSR count). The maximum atomic E-state index is 12.6. The lowest BCUT2D eigenvalue weighted by atomic mass is 9.92. The Morgan fingerprint density at radius 3 is 2.48 bits per heavy atom. The van der Waals surface area contributed by atoms with Crippen molar-refractivity contribution in [2.24, 2.45) is 5.92 Å². The molecule has 0 spiro atoms. The molecule has 27 heavy (non-hydrogen) atoms. The van der Waals surface area contributed by atoms with E-state index in [2.05, 4.69) is 10.6 Å². The van der Waals surface area contributed by atoms with Gasteiger partial charge in [0.25, 0.3) is 0 Å². The molecular formula is C19H33N3O5. The summed E-state index contributed by atoms with van der Waals surface area (Å²) >= 11 is 0. The van der Waals surface area contributed by atoms with Gasteiger partial charge in [-0.2, -0.15) is 0 Å². The molecule has 0 radical (unpaired) electrons. The predicted octanol–water partition coefficient (Wildman–Crippen LogP) is 1.05. The number of carboxylic acid groups (broad SMARTS) is 2. The number of aliphatic carboxylic acids is 2. The van der Waals surface area contributed by atoms with E-state index in [4.69, 9.17) is 0 Å². The Labute approximate surface area is 160 Å². The summed E-state index contributed by atoms with van der Waals surface area (Å²) in [6.45, 7) is 4.16. The third-order valence-corrected chi connectivity index (χ3v) is 5.75. The van der Waals surface area contributed by atoms with Crippen LogP contribution in [0.4, 0.5) is 0 Å². The van der Waals surface area contributed by atoms with E-state index in [-0.39, 0.29) is 5.91 Å². The van der Waals surface area contributed by atoms with Gasteiger partial charge in [-0.3, -0.25) is 14.9 Å². The number of unbranched alkanes of at least 4 members (excludes halogenated alkanes) is 1. The lowest BCUT2D eigenvalue weighted by Crippen LogP contribution is -2.53. The number of likely N-dealkylation sites (tertiary alicyclic amines) is 1. The number of hydrogen-bond donors (Lipinski definition) is 4. The standard InChI is InChI=1S/C19H33N3O5/c1-13(17(23)22-12-4-7-16(22)19(26)27)21-15(18(24)25)6-3-2-5-14-8-10-20-11-9-14/h13-16,20-21H,2-12H2,1H3,(H,24,25)(H,26,27)/t13-,15-,16-/m0/s1. The Kier molecular flexibility index (Phi) is 8.50. The van der Waals surface area contributed by atoms with Gasteiger partial charge in [0.1, 0.15) is 12.1 Å². The Balaban J connectivity index is 1.77. The van der Waals surface area contributed by atoms with Crippen LogP contribution in [0.25, 0.3) is 0 Å². The summed E-state index contributed by atoms with van der Waals surface area (Å²) in [6.07, 6.45) is 6.87. The third-order valence-electron chi connectivity index (χ3n) is 5.75. The number of carbonyl (C=O) groups is 3. The number of nitrogens with zero attached hydrogens (tertiary/aromatic N) is 1. The first kappa shape index (κ1) is 21.6. The van der Waals surface area contributed by atoms with Crippen LogP contribution in [0.15, 0.2) is 0 Å². The van der Waals surface area contributed by atoms with E-state index in [9.17, 15) is 24.6 Å². The Morgan fingerprint density at radius 2 is 1.85 bits per heavy atom. The first-order valence-corrected chi connectivity index (χ1v) is 10.1. The van der Waals surface area contributed by atoms with Crippen LogP contribution in [0, 0.1) is 5.92 Å². The van der Waals surface area contributed by atoms with Crippen LogP contribution < -0.4 is 10.6 Å². The molecule has 8 heteroatoms. The molecule has 1 amide bonds. The second-order valence-electron chi connectivity index (χ2n) is 7.78. The van der Waals surface area contributed by atoms with Crippen molar-refractivity contribution in [3.63, 3.8) is 0 Å². The molecule has 3 atom stereocenters. The fraction of sp³-hybridized carbons (Fsp3) is 0.842. The van der Waals surface area contributed by atoms with Crippen LogP contribution in [-0.2, 0) is 14.4 Å². The molecule has 0 aromatic heterocycles. The minimum atomic E-state index is -0.999. The van der Waals surface area contributed by atoms with E-state index in [0.29, 0.717) is 25.8 Å². The average molecular weight is 383 g/mol. The molecule has 2 saturated heterocycles. The smallest absolute Gasteiger partial charge is 0.326 e. The first-order valence-electron chi connectivity index (χ1n) is 10.1. The van der Waals surface area contributed by atoms with Crippen molar-refractivity contribution in [3.8, 4) is 0 Å². The van der Waals surface area contributed by atoms with Gasteiger partial charge >= 0.3 is 11.9 Å². The van der Waals surface area contributed by atoms with Crippen molar-refractivity contribution in [1.29, 1.82) is 0 Å². The third kappa shape index (κ3) is 6.46. The van der Waals surface area contributed by atoms with Crippen molar-refractivity contribution >= 4 is 17.8 Å². The van der Waals surface area contributed by atoms with Crippen molar-refractivity contribution in [2.45, 2.75) is 76.4 Å². The fourth-order valence-electron chi connectivity index (χ4n) is 4.14. The summed E-state index contributed by atoms with van der Waals surface area (Å²) < 4.78 is 0. The molecule has 2 fully saturated rings. The summed E-state index contributed by atoms with van der Waals surface area (Å²) in [5, 5.41) is 24.9. The first-order chi connectivity index (χ1) is 12.9. The lowest BCUT2D eigenvalue weighted by Gasteiger charge is -2.27. The van der Waals surface area contributed by atoms with Crippen LogP contribution in [0.2, 0.25) is 0 Å². The predicted molar refractivity (Wildman–Crippen MR) is 100 cm³/mol. The van der Waals surface area contributed by atoms with Gasteiger partial charge in [0.15, 0.2) is 0 Å². The van der Waals surface area contributed by atoms with E-state index >= 15 is 0 Å². The fourth-order valence-corrected chi connectivity index (χ4v) is 4.14. The molecule has 2 heterocycles. The number of rotatable bonds is 10. The van der Waals surface area contributed by atoms with Gasteiger partial charge in [-0.05, 0) is 58.0 Å². The highest BCUT2D eigenvalue weighted by Crippen LogP contribution is 2.21. The summed E-state index contributed by atoms with van der Waals surface area (Å²) in [6, 6.07) is -2.30. The quantitative estimate of drug-likeness (QED) is 0.416. The molecule has 4 N–H and O–H groups in total. The Morgan fingerprint density at radius 1 is 1.15 bits per heavy atom. The van der Waals surface area contributed by atoms with Gasteiger partial charge < -0.3 is 20.4 Å². The highest BCUT2D eigenvalue weighted by Gasteiger charge is 2.36. The SMILES string of the molecule is C[C@H](N[C@@H](CCCCC1CCNCC1)C(=O)O)C(=O)N1CCC[C@H]1C(=O)O. The van der Waals surface area contributed by atoms with E-state index < -0.39 is 30.1 Å². The van der Waals surface area contributed by atoms with Gasteiger partial charge in [0.05, 0.1) is 6.04 Å². The maximum absolute atomic E-state index is 12.6. The van der Waals surface area contributed by atoms with E-state index in [1.54, 1.807) is 6.92 Å². The zero-order chi connectivity index (χ0) is 19.8. The normalized spacial score (nSPS) is 23.1. The number of piperidine rings is 1. The molecule has 0 saturated carbocycles. The van der Waals surface area contributed by atoms with Crippen molar-refractivity contribution < 1.29 is 24.6 Å². The highest BCUT2D eigenvalue weighted by atomic mass is 16.4. The second kappa shape index (κ2) is 10.6. The van der Waals surface area contributed by atoms with Gasteiger partial charge in [-0.1, -0.05) is 19.3 Å². The van der Waals surface area contributed by atoms with E-state index in [1.807, 2.05) is 0 Å². The Hall–Kier alpha value is -1.67. The average Bonchev–Trinajstić information content (AvgIpc) is 3.14. The molecule has 2 aliphatic rings. The monoisotopic (exact) mass is 383 g/mol. The van der Waals surface area contributed by atoms with Crippen molar-refractivity contribution in [3.05, 3.63) is 0 Å². The van der Waals surface area contributed by atoms with Crippen LogP contribution in [-0.4, -0.2) is 70.7 Å². The molecule has 0 aromatic carbocycles. The zero-order valence-electron chi connectivity index (χ0n) is 16.2. The second-order valence-corrected chi connectivity index (χ2v) is 7.78. The molecule has 0 aliphatic carbocycles. The maximum Gasteiger partial charge on any atom is 0.326 e. The van der Waals surface area contributed by atoms with E-state index in [0.717, 1.165) is 38.3 Å². The van der Waals surface area contributed by atoms with Gasteiger partial charge in [0.2, 0.25) is 5.91 Å². The number of carbonyl (C=O) groups excluding carboxylic acids is 1. The number of nitrogens with one attached hydrogen (secondary N) is 2. The zero-order valence-corrected chi connectivity index (χ0v) is 16.2. The number of hydrogen-bond acceptors (Lipinski definition) is 5. The molecule has 2 aliphatic heterocycles. The molecule has 0 aromatic rings. The summed E-state index contributed by atoms with van der Waals surface area (Å²) in [5.74, 6) is -1.57. The van der Waals surface area contributed by atoms with Crippen molar-refractivity contribution in [2.75, 3.05) is 19.6 Å². The number of amides is 1. The lowest BCUT2D eigenvalue weighted by molar-refractivity contribution is -0.149. The molecule has 0 bridgehead atoms. The summed E-state index contributed by atoms with van der Waals surface area (Å²) in [5.41, 5.74) is 0. The van der Waals surface area contributed by atoms with Crippen LogP contribution in [0.1, 0.15) is 58.3 Å². The minimum absolute atomic E-state index is 0.333. The van der Waals surface area contributed by atoms with Gasteiger partial charge in [0, 0.05) is 6.54 Å². The topological polar surface area (TPSA) is 119 Å². The highest BCUT2D eigenvalue weighted by molar-refractivity contribution is 5.88.